The van der Waals surface area contributed by atoms with Crippen LogP contribution in [0.15, 0.2) is 30.7 Å². The standard InChI is InChI=1S/C9H5NO2/c10-6-7-1-2-8-9(5-7)12-4-3-11-8/h1-5H. The average molecular weight is 159 g/mol. The van der Waals surface area contributed by atoms with Gasteiger partial charge in [-0.05, 0) is 12.1 Å². The van der Waals surface area contributed by atoms with Gasteiger partial charge in [0.2, 0.25) is 0 Å². The van der Waals surface area contributed by atoms with Crippen molar-refractivity contribution < 1.29 is 9.47 Å². The largest absolute Gasteiger partial charge is 0.458 e. The van der Waals surface area contributed by atoms with Crippen molar-refractivity contribution in [1.82, 2.24) is 0 Å². The Morgan fingerprint density at radius 2 is 1.83 bits per heavy atom. The zero-order valence-electron chi connectivity index (χ0n) is 6.15. The Balaban J connectivity index is 2.48. The van der Waals surface area contributed by atoms with Crippen LogP contribution in [0.2, 0.25) is 0 Å². The van der Waals surface area contributed by atoms with Crippen molar-refractivity contribution in [3.8, 4) is 17.6 Å². The Bertz CT molecular complexity index is 377. The van der Waals surface area contributed by atoms with Gasteiger partial charge in [-0.2, -0.15) is 5.26 Å². The molecule has 2 rings (SSSR count). The fraction of sp³-hybridized carbons (Fsp3) is 0. The van der Waals surface area contributed by atoms with E-state index in [-0.39, 0.29) is 0 Å². The monoisotopic (exact) mass is 159 g/mol. The first kappa shape index (κ1) is 6.74. The van der Waals surface area contributed by atoms with Gasteiger partial charge in [-0.25, -0.2) is 0 Å². The SMILES string of the molecule is N#Cc1ccc2c(c1)OC=CO2. The summed E-state index contributed by atoms with van der Waals surface area (Å²) in [6.07, 6.45) is 2.89. The summed E-state index contributed by atoms with van der Waals surface area (Å²) in [4.78, 5) is 0. The predicted molar refractivity (Wildman–Crippen MR) is 41.6 cm³/mol. The van der Waals surface area contributed by atoms with Gasteiger partial charge in [0, 0.05) is 6.07 Å². The maximum atomic E-state index is 8.57. The first-order chi connectivity index (χ1) is 5.90. The second kappa shape index (κ2) is 2.59. The summed E-state index contributed by atoms with van der Waals surface area (Å²) < 4.78 is 10.2. The molecule has 0 amide bonds. The second-order valence-electron chi connectivity index (χ2n) is 2.28. The normalized spacial score (nSPS) is 12.2. The summed E-state index contributed by atoms with van der Waals surface area (Å²) in [5.74, 6) is 1.22. The lowest BCUT2D eigenvalue weighted by atomic mass is 10.2. The molecular formula is C9H5NO2. The van der Waals surface area contributed by atoms with E-state index in [1.165, 1.54) is 12.5 Å². The first-order valence-electron chi connectivity index (χ1n) is 3.42. The Morgan fingerprint density at radius 1 is 1.08 bits per heavy atom. The van der Waals surface area contributed by atoms with Gasteiger partial charge < -0.3 is 9.47 Å². The van der Waals surface area contributed by atoms with Crippen molar-refractivity contribution in [2.45, 2.75) is 0 Å². The van der Waals surface area contributed by atoms with Crippen LogP contribution < -0.4 is 9.47 Å². The van der Waals surface area contributed by atoms with E-state index in [4.69, 9.17) is 14.7 Å². The molecule has 0 aromatic heterocycles. The van der Waals surface area contributed by atoms with Crippen LogP contribution in [0.1, 0.15) is 5.56 Å². The number of nitriles is 1. The molecule has 0 bridgehead atoms. The Hall–Kier alpha value is -1.95. The van der Waals surface area contributed by atoms with Gasteiger partial charge in [-0.3, -0.25) is 0 Å². The van der Waals surface area contributed by atoms with Gasteiger partial charge in [0.1, 0.15) is 12.5 Å². The third-order valence-corrected chi connectivity index (χ3v) is 1.52. The van der Waals surface area contributed by atoms with Gasteiger partial charge in [-0.1, -0.05) is 0 Å². The third kappa shape index (κ3) is 0.995. The van der Waals surface area contributed by atoms with E-state index in [1.54, 1.807) is 18.2 Å². The zero-order valence-corrected chi connectivity index (χ0v) is 6.15. The first-order valence-corrected chi connectivity index (χ1v) is 3.42. The van der Waals surface area contributed by atoms with Crippen LogP contribution in [0.5, 0.6) is 11.5 Å². The van der Waals surface area contributed by atoms with E-state index in [0.29, 0.717) is 17.1 Å². The number of fused-ring (bicyclic) bond motifs is 1. The molecule has 0 atom stereocenters. The van der Waals surface area contributed by atoms with Crippen molar-refractivity contribution in [3.63, 3.8) is 0 Å². The summed E-state index contributed by atoms with van der Waals surface area (Å²) in [7, 11) is 0. The van der Waals surface area contributed by atoms with Gasteiger partial charge in [0.25, 0.3) is 0 Å². The maximum absolute atomic E-state index is 8.57. The van der Waals surface area contributed by atoms with Crippen molar-refractivity contribution in [2.75, 3.05) is 0 Å². The van der Waals surface area contributed by atoms with Crippen molar-refractivity contribution in [2.24, 2.45) is 0 Å². The van der Waals surface area contributed by atoms with Crippen LogP contribution in [0.4, 0.5) is 0 Å². The lowest BCUT2D eigenvalue weighted by Gasteiger charge is -2.11. The van der Waals surface area contributed by atoms with Crippen LogP contribution in [0.25, 0.3) is 0 Å². The van der Waals surface area contributed by atoms with E-state index >= 15 is 0 Å². The topological polar surface area (TPSA) is 42.2 Å². The molecule has 1 aromatic carbocycles. The Kier molecular flexibility index (Phi) is 1.45. The minimum absolute atomic E-state index is 0.563. The van der Waals surface area contributed by atoms with Crippen LogP contribution in [-0.4, -0.2) is 0 Å². The van der Waals surface area contributed by atoms with Gasteiger partial charge in [0.15, 0.2) is 11.5 Å². The summed E-state index contributed by atoms with van der Waals surface area (Å²) in [5, 5.41) is 8.57. The number of hydrogen-bond donors (Lipinski definition) is 0. The number of ether oxygens (including phenoxy) is 2. The van der Waals surface area contributed by atoms with E-state index in [0.717, 1.165) is 0 Å². The number of rotatable bonds is 0. The van der Waals surface area contributed by atoms with Crippen molar-refractivity contribution in [1.29, 1.82) is 5.26 Å². The molecule has 0 saturated carbocycles. The maximum Gasteiger partial charge on any atom is 0.170 e. The molecule has 0 fully saturated rings. The predicted octanol–water partition coefficient (Wildman–Crippen LogP) is 1.80. The summed E-state index contributed by atoms with van der Waals surface area (Å²) in [6, 6.07) is 7.04. The molecule has 0 spiro atoms. The van der Waals surface area contributed by atoms with E-state index in [2.05, 4.69) is 0 Å². The minimum atomic E-state index is 0.563. The number of hydrogen-bond acceptors (Lipinski definition) is 3. The molecule has 58 valence electrons. The quantitative estimate of drug-likeness (QED) is 0.579. The third-order valence-electron chi connectivity index (χ3n) is 1.52. The molecule has 3 nitrogen and oxygen atoms in total. The molecule has 12 heavy (non-hydrogen) atoms. The van der Waals surface area contributed by atoms with Gasteiger partial charge in [0.05, 0.1) is 11.6 Å². The zero-order chi connectivity index (χ0) is 8.39. The molecule has 1 aliphatic heterocycles. The average Bonchev–Trinajstić information content (AvgIpc) is 2.17. The highest BCUT2D eigenvalue weighted by atomic mass is 16.5. The molecule has 0 N–H and O–H groups in total. The van der Waals surface area contributed by atoms with Crippen LogP contribution in [-0.2, 0) is 0 Å². The Morgan fingerprint density at radius 3 is 2.58 bits per heavy atom. The highest BCUT2D eigenvalue weighted by Gasteiger charge is 2.07. The molecule has 3 heteroatoms. The van der Waals surface area contributed by atoms with E-state index < -0.39 is 0 Å². The molecule has 1 heterocycles. The highest BCUT2D eigenvalue weighted by molar-refractivity contribution is 5.48. The molecule has 0 unspecified atom stereocenters. The molecule has 1 aromatic rings. The summed E-state index contributed by atoms with van der Waals surface area (Å²) >= 11 is 0. The smallest absolute Gasteiger partial charge is 0.170 e. The molecular weight excluding hydrogens is 154 g/mol. The Labute approximate surface area is 69.5 Å². The van der Waals surface area contributed by atoms with Gasteiger partial charge >= 0.3 is 0 Å². The van der Waals surface area contributed by atoms with Crippen LogP contribution in [0.3, 0.4) is 0 Å². The van der Waals surface area contributed by atoms with E-state index in [9.17, 15) is 0 Å². The van der Waals surface area contributed by atoms with Crippen molar-refractivity contribution in [3.05, 3.63) is 36.3 Å². The molecule has 0 aliphatic carbocycles. The highest BCUT2D eigenvalue weighted by Crippen LogP contribution is 2.30. The lowest BCUT2D eigenvalue weighted by molar-refractivity contribution is 0.361. The molecule has 0 saturated heterocycles. The minimum Gasteiger partial charge on any atom is -0.458 e. The van der Waals surface area contributed by atoms with Crippen LogP contribution in [0, 0.1) is 11.3 Å². The van der Waals surface area contributed by atoms with Gasteiger partial charge in [-0.15, -0.1) is 0 Å². The number of nitrogens with zero attached hydrogens (tertiary/aromatic N) is 1. The number of benzene rings is 1. The lowest BCUT2D eigenvalue weighted by Crippen LogP contribution is -1.95. The summed E-state index contributed by atoms with van der Waals surface area (Å²) in [5.41, 5.74) is 0.563. The van der Waals surface area contributed by atoms with Crippen LogP contribution >= 0.6 is 0 Å². The summed E-state index contributed by atoms with van der Waals surface area (Å²) in [6.45, 7) is 0. The molecule has 1 aliphatic rings. The van der Waals surface area contributed by atoms with Crippen molar-refractivity contribution >= 4 is 0 Å². The fourth-order valence-electron chi connectivity index (χ4n) is 0.969. The fourth-order valence-corrected chi connectivity index (χ4v) is 0.969. The van der Waals surface area contributed by atoms with E-state index in [1.807, 2.05) is 6.07 Å². The molecule has 0 radical (unpaired) electrons. The second-order valence-corrected chi connectivity index (χ2v) is 2.28.